The monoisotopic (exact) mass is 300 g/mol. The third kappa shape index (κ3) is 3.62. The van der Waals surface area contributed by atoms with Gasteiger partial charge >= 0.3 is 0 Å². The van der Waals surface area contributed by atoms with Crippen molar-refractivity contribution >= 4 is 28.9 Å². The Hall–Kier alpha value is -1.85. The normalized spacial score (nSPS) is 21.3. The number of rotatable bonds is 2. The molecule has 1 fully saturated rings. The van der Waals surface area contributed by atoms with Crippen molar-refractivity contribution in [3.63, 3.8) is 0 Å². The average molecular weight is 300 g/mol. The number of carbonyl (C=O) groups is 1. The number of thioether (sulfide) groups is 1. The van der Waals surface area contributed by atoms with Crippen molar-refractivity contribution in [2.75, 3.05) is 26.3 Å². The molecule has 0 atom stereocenters. The van der Waals surface area contributed by atoms with Gasteiger partial charge in [0.15, 0.2) is 5.17 Å². The highest BCUT2D eigenvalue weighted by atomic mass is 32.2. The molecule has 4 nitrogen and oxygen atoms in total. The Bertz CT molecular complexity index is 602. The third-order valence-electron chi connectivity index (χ3n) is 3.23. The van der Waals surface area contributed by atoms with Gasteiger partial charge in [0.2, 0.25) is 0 Å². The first kappa shape index (κ1) is 14.1. The first-order valence-corrected chi connectivity index (χ1v) is 7.71. The van der Waals surface area contributed by atoms with Crippen LogP contribution in [-0.4, -0.2) is 42.3 Å². The Morgan fingerprint density at radius 2 is 1.95 bits per heavy atom. The fourth-order valence-corrected chi connectivity index (χ4v) is 3.03. The molecule has 1 amide bonds. The molecular weight excluding hydrogens is 284 g/mol. The Morgan fingerprint density at radius 1 is 1.19 bits per heavy atom. The number of nitrogens with zero attached hydrogens (tertiary/aromatic N) is 2. The molecule has 2 heterocycles. The van der Waals surface area contributed by atoms with Gasteiger partial charge < -0.3 is 9.64 Å². The van der Waals surface area contributed by atoms with Crippen LogP contribution >= 0.6 is 11.8 Å². The van der Waals surface area contributed by atoms with E-state index in [1.54, 1.807) is 0 Å². The summed E-state index contributed by atoms with van der Waals surface area (Å²) in [5.74, 6) is -0.154. The minimum Gasteiger partial charge on any atom is -0.378 e. The molecule has 1 aromatic carbocycles. The quantitative estimate of drug-likeness (QED) is 0.787. The van der Waals surface area contributed by atoms with Crippen LogP contribution in [0.4, 0.5) is 0 Å². The zero-order valence-corrected chi connectivity index (χ0v) is 12.4. The van der Waals surface area contributed by atoms with Crippen LogP contribution in [0.3, 0.4) is 0 Å². The number of allylic oxidation sites excluding steroid dienone is 2. The zero-order valence-electron chi connectivity index (χ0n) is 11.6. The maximum absolute atomic E-state index is 11.9. The van der Waals surface area contributed by atoms with Crippen molar-refractivity contribution in [1.29, 1.82) is 0 Å². The van der Waals surface area contributed by atoms with Gasteiger partial charge in [-0.1, -0.05) is 42.5 Å². The standard InChI is InChI=1S/C16H16N2O2S/c19-15-14(8-4-7-13-5-2-1-3-6-13)21-16(17-15)18-9-11-20-12-10-18/h1-8H,9-12H2/b7-4+,14-8+. The van der Waals surface area contributed by atoms with E-state index < -0.39 is 0 Å². The molecule has 0 unspecified atom stereocenters. The van der Waals surface area contributed by atoms with Gasteiger partial charge in [-0.3, -0.25) is 4.79 Å². The van der Waals surface area contributed by atoms with E-state index in [1.165, 1.54) is 11.8 Å². The second-order valence-corrected chi connectivity index (χ2v) is 5.71. The maximum Gasteiger partial charge on any atom is 0.286 e. The van der Waals surface area contributed by atoms with Crippen molar-refractivity contribution in [2.24, 2.45) is 4.99 Å². The molecule has 0 radical (unpaired) electrons. The van der Waals surface area contributed by atoms with Crippen LogP contribution in [0.25, 0.3) is 6.08 Å². The number of morpholine rings is 1. The van der Waals surface area contributed by atoms with Gasteiger partial charge in [0.05, 0.1) is 18.1 Å². The Balaban J connectivity index is 1.64. The van der Waals surface area contributed by atoms with E-state index in [2.05, 4.69) is 9.89 Å². The summed E-state index contributed by atoms with van der Waals surface area (Å²) in [6.07, 6.45) is 5.71. The number of carbonyl (C=O) groups excluding carboxylic acids is 1. The minimum absolute atomic E-state index is 0.154. The number of hydrogen-bond donors (Lipinski definition) is 0. The average Bonchev–Trinajstić information content (AvgIpc) is 2.91. The highest BCUT2D eigenvalue weighted by molar-refractivity contribution is 8.18. The van der Waals surface area contributed by atoms with Crippen molar-refractivity contribution in [2.45, 2.75) is 0 Å². The van der Waals surface area contributed by atoms with Crippen LogP contribution in [0.2, 0.25) is 0 Å². The number of ether oxygens (including phenoxy) is 1. The van der Waals surface area contributed by atoms with Crippen molar-refractivity contribution < 1.29 is 9.53 Å². The molecule has 2 aliphatic heterocycles. The summed E-state index contributed by atoms with van der Waals surface area (Å²) >= 11 is 1.44. The molecule has 1 aromatic rings. The van der Waals surface area contributed by atoms with Gasteiger partial charge in [-0.15, -0.1) is 0 Å². The number of benzene rings is 1. The number of amides is 1. The topological polar surface area (TPSA) is 41.9 Å². The molecule has 3 rings (SSSR count). The molecule has 5 heteroatoms. The van der Waals surface area contributed by atoms with Crippen molar-refractivity contribution in [3.8, 4) is 0 Å². The van der Waals surface area contributed by atoms with E-state index in [-0.39, 0.29) is 5.91 Å². The summed E-state index contributed by atoms with van der Waals surface area (Å²) in [6.45, 7) is 2.99. The summed E-state index contributed by atoms with van der Waals surface area (Å²) in [7, 11) is 0. The van der Waals surface area contributed by atoms with Crippen LogP contribution < -0.4 is 0 Å². The predicted octanol–water partition coefficient (Wildman–Crippen LogP) is 2.55. The SMILES string of the molecule is O=C1N=C(N2CCOCC2)S/C1=C/C=C/c1ccccc1. The van der Waals surface area contributed by atoms with Crippen LogP contribution in [-0.2, 0) is 9.53 Å². The second-order valence-electron chi connectivity index (χ2n) is 4.70. The first-order chi connectivity index (χ1) is 10.3. The third-order valence-corrected chi connectivity index (χ3v) is 4.29. The highest BCUT2D eigenvalue weighted by Gasteiger charge is 2.26. The number of aliphatic imine (C=N–C) groups is 1. The summed E-state index contributed by atoms with van der Waals surface area (Å²) in [5, 5.41) is 0.794. The summed E-state index contributed by atoms with van der Waals surface area (Å²) in [6, 6.07) is 10.0. The molecule has 0 N–H and O–H groups in total. The lowest BCUT2D eigenvalue weighted by Gasteiger charge is -2.27. The van der Waals surface area contributed by atoms with E-state index in [9.17, 15) is 4.79 Å². The van der Waals surface area contributed by atoms with Gasteiger partial charge in [-0.2, -0.15) is 4.99 Å². The number of hydrogen-bond acceptors (Lipinski definition) is 4. The fraction of sp³-hybridized carbons (Fsp3) is 0.250. The molecule has 108 valence electrons. The van der Waals surface area contributed by atoms with Crippen molar-refractivity contribution in [3.05, 3.63) is 53.0 Å². The highest BCUT2D eigenvalue weighted by Crippen LogP contribution is 2.28. The molecule has 21 heavy (non-hydrogen) atoms. The van der Waals surface area contributed by atoms with E-state index >= 15 is 0 Å². The van der Waals surface area contributed by atoms with E-state index in [0.29, 0.717) is 18.1 Å². The van der Waals surface area contributed by atoms with E-state index in [1.807, 2.05) is 48.6 Å². The summed E-state index contributed by atoms with van der Waals surface area (Å²) in [4.78, 5) is 18.8. The van der Waals surface area contributed by atoms with Crippen molar-refractivity contribution in [1.82, 2.24) is 4.90 Å². The van der Waals surface area contributed by atoms with Gasteiger partial charge in [0.25, 0.3) is 5.91 Å². The Morgan fingerprint density at radius 3 is 2.71 bits per heavy atom. The molecule has 1 saturated heterocycles. The Kier molecular flexibility index (Phi) is 4.52. The van der Waals surface area contributed by atoms with Crippen LogP contribution in [0.15, 0.2) is 52.4 Å². The molecule has 0 aromatic heterocycles. The molecule has 2 aliphatic rings. The van der Waals surface area contributed by atoms with E-state index in [4.69, 9.17) is 4.74 Å². The summed E-state index contributed by atoms with van der Waals surface area (Å²) < 4.78 is 5.31. The smallest absolute Gasteiger partial charge is 0.286 e. The Labute approximate surface area is 128 Å². The molecule has 0 bridgehead atoms. The number of amidine groups is 1. The van der Waals surface area contributed by atoms with Gasteiger partial charge in [-0.05, 0) is 23.4 Å². The van der Waals surface area contributed by atoms with Gasteiger partial charge in [0.1, 0.15) is 0 Å². The maximum atomic E-state index is 11.9. The van der Waals surface area contributed by atoms with Crippen LogP contribution in [0.5, 0.6) is 0 Å². The summed E-state index contributed by atoms with van der Waals surface area (Å²) in [5.41, 5.74) is 1.11. The molecule has 0 spiro atoms. The molecule has 0 saturated carbocycles. The minimum atomic E-state index is -0.154. The fourth-order valence-electron chi connectivity index (χ4n) is 2.11. The first-order valence-electron chi connectivity index (χ1n) is 6.90. The molecular formula is C16H16N2O2S. The zero-order chi connectivity index (χ0) is 14.5. The van der Waals surface area contributed by atoms with Gasteiger partial charge in [0, 0.05) is 13.1 Å². The van der Waals surface area contributed by atoms with Crippen LogP contribution in [0, 0.1) is 0 Å². The second kappa shape index (κ2) is 6.74. The predicted molar refractivity (Wildman–Crippen MR) is 86.0 cm³/mol. The lowest BCUT2D eigenvalue weighted by molar-refractivity contribution is -0.113. The lowest BCUT2D eigenvalue weighted by atomic mass is 10.2. The van der Waals surface area contributed by atoms with E-state index in [0.717, 1.165) is 23.8 Å². The largest absolute Gasteiger partial charge is 0.378 e. The lowest BCUT2D eigenvalue weighted by Crippen LogP contribution is -2.38. The van der Waals surface area contributed by atoms with Crippen LogP contribution in [0.1, 0.15) is 5.56 Å². The van der Waals surface area contributed by atoms with Gasteiger partial charge in [-0.25, -0.2) is 0 Å². The molecule has 0 aliphatic carbocycles.